The van der Waals surface area contributed by atoms with Gasteiger partial charge in [-0.25, -0.2) is 4.98 Å². The van der Waals surface area contributed by atoms with Crippen LogP contribution in [0.4, 0.5) is 11.6 Å². The first-order valence-electron chi connectivity index (χ1n) is 9.24. The van der Waals surface area contributed by atoms with Gasteiger partial charge in [0, 0.05) is 37.2 Å². The molecule has 2 aromatic heterocycles. The van der Waals surface area contributed by atoms with E-state index >= 15 is 0 Å². The summed E-state index contributed by atoms with van der Waals surface area (Å²) < 4.78 is 1.91. The molecular formula is C18H27N5O. The first-order valence-corrected chi connectivity index (χ1v) is 9.24. The number of aromatic nitrogens is 3. The lowest BCUT2D eigenvalue weighted by atomic mass is 9.81. The quantitative estimate of drug-likeness (QED) is 0.786. The third-order valence-electron chi connectivity index (χ3n) is 5.78. The predicted octanol–water partition coefficient (Wildman–Crippen LogP) is 3.00. The lowest BCUT2D eigenvalue weighted by molar-refractivity contribution is 0.178. The molecular weight excluding hydrogens is 302 g/mol. The largest absolute Gasteiger partial charge is 0.396 e. The van der Waals surface area contributed by atoms with Gasteiger partial charge >= 0.3 is 0 Å². The molecule has 0 aliphatic heterocycles. The summed E-state index contributed by atoms with van der Waals surface area (Å²) in [6.45, 7) is 0.249. The molecule has 0 aromatic carbocycles. The van der Waals surface area contributed by atoms with Crippen molar-refractivity contribution < 1.29 is 5.11 Å². The Bertz CT molecular complexity index is 709. The van der Waals surface area contributed by atoms with Gasteiger partial charge in [-0.3, -0.25) is 0 Å². The minimum absolute atomic E-state index is 0.249. The van der Waals surface area contributed by atoms with Gasteiger partial charge in [-0.15, -0.1) is 0 Å². The summed E-state index contributed by atoms with van der Waals surface area (Å²) in [6.07, 6.45) is 10.4. The Morgan fingerprint density at radius 2 is 2.04 bits per heavy atom. The normalized spacial score (nSPS) is 24.8. The summed E-state index contributed by atoms with van der Waals surface area (Å²) in [5.41, 5.74) is 2.23. The number of hydrogen-bond donors (Lipinski definition) is 3. The number of aliphatic hydroxyl groups is 1. The van der Waals surface area contributed by atoms with Crippen LogP contribution in [0.2, 0.25) is 0 Å². The van der Waals surface area contributed by atoms with Gasteiger partial charge in [0.15, 0.2) is 5.65 Å². The van der Waals surface area contributed by atoms with Crippen LogP contribution in [-0.2, 0) is 0 Å². The second kappa shape index (κ2) is 6.59. The van der Waals surface area contributed by atoms with Crippen molar-refractivity contribution in [3.05, 3.63) is 17.8 Å². The molecule has 2 aromatic rings. The van der Waals surface area contributed by atoms with E-state index in [-0.39, 0.29) is 6.61 Å². The van der Waals surface area contributed by atoms with E-state index in [1.165, 1.54) is 37.7 Å². The van der Waals surface area contributed by atoms with Crippen LogP contribution in [0.3, 0.4) is 0 Å². The molecule has 2 unspecified atom stereocenters. The first-order chi connectivity index (χ1) is 11.8. The number of aliphatic hydroxyl groups excluding tert-OH is 1. The van der Waals surface area contributed by atoms with Gasteiger partial charge < -0.3 is 15.7 Å². The fraction of sp³-hybridized carbons (Fsp3) is 0.667. The summed E-state index contributed by atoms with van der Waals surface area (Å²) >= 11 is 0. The van der Waals surface area contributed by atoms with Crippen molar-refractivity contribution in [2.24, 2.45) is 5.92 Å². The van der Waals surface area contributed by atoms with E-state index in [0.29, 0.717) is 17.9 Å². The van der Waals surface area contributed by atoms with Gasteiger partial charge in [0.1, 0.15) is 11.6 Å². The van der Waals surface area contributed by atoms with Crippen molar-refractivity contribution in [3.63, 3.8) is 0 Å². The molecule has 0 saturated heterocycles. The highest BCUT2D eigenvalue weighted by Gasteiger charge is 2.27. The fourth-order valence-corrected chi connectivity index (χ4v) is 4.05. The summed E-state index contributed by atoms with van der Waals surface area (Å²) in [4.78, 5) is 4.88. The van der Waals surface area contributed by atoms with E-state index < -0.39 is 0 Å². The first kappa shape index (κ1) is 15.7. The van der Waals surface area contributed by atoms with Crippen molar-refractivity contribution in [1.29, 1.82) is 0 Å². The molecule has 2 aliphatic rings. The van der Waals surface area contributed by atoms with Crippen LogP contribution in [0.15, 0.2) is 12.3 Å². The van der Waals surface area contributed by atoms with Crippen molar-refractivity contribution in [2.45, 2.75) is 56.9 Å². The van der Waals surface area contributed by atoms with E-state index in [1.807, 2.05) is 23.8 Å². The number of nitrogens with one attached hydrogen (secondary N) is 2. The number of rotatable bonds is 5. The van der Waals surface area contributed by atoms with Crippen LogP contribution >= 0.6 is 0 Å². The predicted molar refractivity (Wildman–Crippen MR) is 95.6 cm³/mol. The van der Waals surface area contributed by atoms with E-state index in [9.17, 15) is 5.11 Å². The Morgan fingerprint density at radius 1 is 1.21 bits per heavy atom. The minimum Gasteiger partial charge on any atom is -0.396 e. The zero-order chi connectivity index (χ0) is 16.5. The lowest BCUT2D eigenvalue weighted by Crippen LogP contribution is -2.34. The molecule has 2 aliphatic carbocycles. The van der Waals surface area contributed by atoms with Crippen molar-refractivity contribution in [2.75, 3.05) is 24.3 Å². The molecule has 2 fully saturated rings. The number of hydrogen-bond acceptors (Lipinski definition) is 5. The van der Waals surface area contributed by atoms with Gasteiger partial charge in [0.05, 0.1) is 6.20 Å². The molecule has 2 heterocycles. The van der Waals surface area contributed by atoms with Gasteiger partial charge in [0.2, 0.25) is 0 Å². The van der Waals surface area contributed by atoms with E-state index in [4.69, 9.17) is 4.98 Å². The topological polar surface area (TPSA) is 74.5 Å². The third kappa shape index (κ3) is 2.73. The maximum atomic E-state index is 9.65. The molecule has 3 N–H and O–H groups in total. The Kier molecular flexibility index (Phi) is 4.31. The molecule has 0 amide bonds. The maximum Gasteiger partial charge on any atom is 0.163 e. The van der Waals surface area contributed by atoms with E-state index in [0.717, 1.165) is 30.1 Å². The monoisotopic (exact) mass is 329 g/mol. The molecule has 24 heavy (non-hydrogen) atoms. The smallest absolute Gasteiger partial charge is 0.163 e. The zero-order valence-corrected chi connectivity index (χ0v) is 14.3. The van der Waals surface area contributed by atoms with Gasteiger partial charge in [-0.2, -0.15) is 9.61 Å². The van der Waals surface area contributed by atoms with Crippen LogP contribution < -0.4 is 10.6 Å². The standard InChI is InChI=1S/C18H27N5O/c1-19-17-9-16(21-15-8-3-2-5-13(15)11-24)22-18-14(10-20-23(17)18)12-6-4-7-12/h9-10,12-13,15,19,24H,2-8,11H2,1H3,(H,21,22). The third-order valence-corrected chi connectivity index (χ3v) is 5.78. The van der Waals surface area contributed by atoms with E-state index in [1.54, 1.807) is 0 Å². The Morgan fingerprint density at radius 3 is 2.75 bits per heavy atom. The summed E-state index contributed by atoms with van der Waals surface area (Å²) in [7, 11) is 1.92. The minimum atomic E-state index is 0.249. The average Bonchev–Trinajstić information content (AvgIpc) is 2.97. The number of anilines is 2. The van der Waals surface area contributed by atoms with Crippen LogP contribution in [-0.4, -0.2) is 39.4 Å². The number of nitrogens with zero attached hydrogens (tertiary/aromatic N) is 3. The van der Waals surface area contributed by atoms with Gasteiger partial charge in [-0.05, 0) is 31.6 Å². The van der Waals surface area contributed by atoms with Crippen molar-refractivity contribution >= 4 is 17.3 Å². The zero-order valence-electron chi connectivity index (χ0n) is 14.3. The molecule has 6 nitrogen and oxygen atoms in total. The van der Waals surface area contributed by atoms with Crippen LogP contribution in [0.5, 0.6) is 0 Å². The maximum absolute atomic E-state index is 9.65. The van der Waals surface area contributed by atoms with Crippen LogP contribution in [0.1, 0.15) is 56.4 Å². The molecule has 0 spiro atoms. The van der Waals surface area contributed by atoms with Gasteiger partial charge in [-0.1, -0.05) is 19.3 Å². The Balaban J connectivity index is 1.67. The molecule has 6 heteroatoms. The van der Waals surface area contributed by atoms with Gasteiger partial charge in [0.25, 0.3) is 0 Å². The summed E-state index contributed by atoms with van der Waals surface area (Å²) in [6, 6.07) is 2.33. The SMILES string of the molecule is CNc1cc(NC2CCCCC2CO)nc2c(C3CCC3)cnn12. The van der Waals surface area contributed by atoms with Crippen molar-refractivity contribution in [1.82, 2.24) is 14.6 Å². The second-order valence-corrected chi connectivity index (χ2v) is 7.22. The highest BCUT2D eigenvalue weighted by molar-refractivity contribution is 5.61. The highest BCUT2D eigenvalue weighted by Crippen LogP contribution is 2.38. The number of fused-ring (bicyclic) bond motifs is 1. The summed E-state index contributed by atoms with van der Waals surface area (Å²) in [5, 5.41) is 21.0. The molecule has 0 radical (unpaired) electrons. The molecule has 4 rings (SSSR count). The van der Waals surface area contributed by atoms with Crippen molar-refractivity contribution in [3.8, 4) is 0 Å². The van der Waals surface area contributed by atoms with Crippen LogP contribution in [0.25, 0.3) is 5.65 Å². The van der Waals surface area contributed by atoms with Crippen LogP contribution in [0, 0.1) is 5.92 Å². The average molecular weight is 329 g/mol. The van der Waals surface area contributed by atoms with E-state index in [2.05, 4.69) is 15.7 Å². The molecule has 2 saturated carbocycles. The Labute approximate surface area is 142 Å². The molecule has 2 atom stereocenters. The second-order valence-electron chi connectivity index (χ2n) is 7.22. The highest BCUT2D eigenvalue weighted by atomic mass is 16.3. The lowest BCUT2D eigenvalue weighted by Gasteiger charge is -2.31. The summed E-state index contributed by atoms with van der Waals surface area (Å²) in [5.74, 6) is 2.77. The molecule has 0 bridgehead atoms. The Hall–Kier alpha value is -1.82. The molecule has 130 valence electrons. The fourth-order valence-electron chi connectivity index (χ4n) is 4.05.